The van der Waals surface area contributed by atoms with E-state index >= 15 is 0 Å². The minimum Gasteiger partial charge on any atom is -0.495 e. The van der Waals surface area contributed by atoms with E-state index in [0.717, 1.165) is 40.8 Å². The Morgan fingerprint density at radius 1 is 1.29 bits per heavy atom. The van der Waals surface area contributed by atoms with Gasteiger partial charge >= 0.3 is 0 Å². The normalized spacial score (nSPS) is 12.7. The highest BCUT2D eigenvalue weighted by atomic mass is 35.5. The van der Waals surface area contributed by atoms with Crippen LogP contribution in [-0.4, -0.2) is 13.7 Å². The number of anilines is 1. The van der Waals surface area contributed by atoms with Gasteiger partial charge in [0.15, 0.2) is 0 Å². The van der Waals surface area contributed by atoms with Crippen LogP contribution in [0.3, 0.4) is 0 Å². The summed E-state index contributed by atoms with van der Waals surface area (Å²) in [6.07, 6.45) is 0.927. The molecular weight excluding hydrogens is 286 g/mol. The van der Waals surface area contributed by atoms with E-state index in [4.69, 9.17) is 21.1 Å². The number of fused-ring (bicyclic) bond motifs is 1. The van der Waals surface area contributed by atoms with Crippen molar-refractivity contribution in [2.24, 2.45) is 0 Å². The monoisotopic (exact) mass is 303 g/mol. The summed E-state index contributed by atoms with van der Waals surface area (Å²) in [6.45, 7) is 3.45. The highest BCUT2D eigenvalue weighted by Gasteiger charge is 2.17. The molecule has 0 bridgehead atoms. The molecule has 1 N–H and O–H groups in total. The number of methoxy groups -OCH3 is 1. The number of hydrogen-bond acceptors (Lipinski definition) is 3. The molecule has 2 aromatic rings. The maximum atomic E-state index is 6.19. The maximum absolute atomic E-state index is 6.19. The van der Waals surface area contributed by atoms with Crippen LogP contribution in [0.15, 0.2) is 30.3 Å². The Balaban J connectivity index is 1.84. The van der Waals surface area contributed by atoms with E-state index in [9.17, 15) is 0 Å². The van der Waals surface area contributed by atoms with Crippen LogP contribution < -0.4 is 14.8 Å². The van der Waals surface area contributed by atoms with Crippen LogP contribution >= 0.6 is 11.6 Å². The van der Waals surface area contributed by atoms with Gasteiger partial charge in [0.1, 0.15) is 11.5 Å². The summed E-state index contributed by atoms with van der Waals surface area (Å²) in [5.41, 5.74) is 4.43. The molecule has 0 saturated heterocycles. The lowest BCUT2D eigenvalue weighted by Crippen LogP contribution is -2.03. The predicted molar refractivity (Wildman–Crippen MR) is 85.7 cm³/mol. The molecule has 3 nitrogen and oxygen atoms in total. The second kappa shape index (κ2) is 5.86. The number of benzene rings is 2. The summed E-state index contributed by atoms with van der Waals surface area (Å²) in [6, 6.07) is 10.0. The Kier molecular flexibility index (Phi) is 3.93. The van der Waals surface area contributed by atoms with Gasteiger partial charge in [-0.2, -0.15) is 0 Å². The molecule has 2 aromatic carbocycles. The molecule has 1 aliphatic heterocycles. The first-order valence-electron chi connectivity index (χ1n) is 7.00. The molecule has 0 aliphatic carbocycles. The van der Waals surface area contributed by atoms with Crippen molar-refractivity contribution in [3.05, 3.63) is 52.0 Å². The Hall–Kier alpha value is -1.87. The van der Waals surface area contributed by atoms with Gasteiger partial charge in [0.25, 0.3) is 0 Å². The molecule has 1 aliphatic rings. The second-order valence-electron chi connectivity index (χ2n) is 5.21. The lowest BCUT2D eigenvalue weighted by molar-refractivity contribution is 0.354. The van der Waals surface area contributed by atoms with Gasteiger partial charge < -0.3 is 14.8 Å². The van der Waals surface area contributed by atoms with E-state index in [-0.39, 0.29) is 0 Å². The van der Waals surface area contributed by atoms with Gasteiger partial charge in [0, 0.05) is 23.6 Å². The van der Waals surface area contributed by atoms with Crippen LogP contribution in [0.2, 0.25) is 5.02 Å². The zero-order chi connectivity index (χ0) is 14.8. The summed E-state index contributed by atoms with van der Waals surface area (Å²) in [7, 11) is 1.68. The average Bonchev–Trinajstić information content (AvgIpc) is 2.93. The third kappa shape index (κ3) is 2.93. The van der Waals surface area contributed by atoms with Gasteiger partial charge in [-0.3, -0.25) is 0 Å². The zero-order valence-electron chi connectivity index (χ0n) is 12.2. The lowest BCUT2D eigenvalue weighted by Gasteiger charge is -2.14. The smallest absolute Gasteiger partial charge is 0.141 e. The number of halogens is 1. The average molecular weight is 304 g/mol. The minimum absolute atomic E-state index is 0.655. The van der Waals surface area contributed by atoms with E-state index < -0.39 is 0 Å². The Bertz CT molecular complexity index is 670. The molecule has 4 heteroatoms. The largest absolute Gasteiger partial charge is 0.495 e. The first kappa shape index (κ1) is 14.1. The van der Waals surface area contributed by atoms with Crippen LogP contribution in [0.4, 0.5) is 5.69 Å². The van der Waals surface area contributed by atoms with Gasteiger partial charge in [-0.05, 0) is 42.3 Å². The molecule has 0 spiro atoms. The van der Waals surface area contributed by atoms with Crippen molar-refractivity contribution in [3.63, 3.8) is 0 Å². The molecule has 21 heavy (non-hydrogen) atoms. The SMILES string of the molecule is COc1ccc(C)cc1NCc1cc(Cl)cc2c1OCC2. The van der Waals surface area contributed by atoms with Crippen molar-refractivity contribution in [1.82, 2.24) is 0 Å². The number of rotatable bonds is 4. The fourth-order valence-corrected chi connectivity index (χ4v) is 2.89. The fourth-order valence-electron chi connectivity index (χ4n) is 2.63. The summed E-state index contributed by atoms with van der Waals surface area (Å²) in [5, 5.41) is 4.17. The predicted octanol–water partition coefficient (Wildman–Crippen LogP) is 4.20. The molecule has 0 amide bonds. The fraction of sp³-hybridized carbons (Fsp3) is 0.294. The summed E-state index contributed by atoms with van der Waals surface area (Å²) >= 11 is 6.19. The molecule has 0 aromatic heterocycles. The highest BCUT2D eigenvalue weighted by molar-refractivity contribution is 6.30. The topological polar surface area (TPSA) is 30.5 Å². The van der Waals surface area contributed by atoms with E-state index in [1.165, 1.54) is 11.1 Å². The van der Waals surface area contributed by atoms with Crippen LogP contribution in [0, 0.1) is 6.92 Å². The first-order chi connectivity index (χ1) is 10.2. The van der Waals surface area contributed by atoms with Crippen molar-refractivity contribution in [1.29, 1.82) is 0 Å². The number of aryl methyl sites for hydroxylation is 1. The quantitative estimate of drug-likeness (QED) is 0.918. The van der Waals surface area contributed by atoms with E-state index in [2.05, 4.69) is 18.3 Å². The molecule has 1 heterocycles. The van der Waals surface area contributed by atoms with Gasteiger partial charge in [0.2, 0.25) is 0 Å². The molecule has 0 fully saturated rings. The summed E-state index contributed by atoms with van der Waals surface area (Å²) in [5.74, 6) is 1.80. The second-order valence-corrected chi connectivity index (χ2v) is 5.65. The lowest BCUT2D eigenvalue weighted by atomic mass is 10.1. The standard InChI is InChI=1S/C17H18ClNO2/c1-11-3-4-16(20-2)15(7-11)19-10-13-9-14(18)8-12-5-6-21-17(12)13/h3-4,7-9,19H,5-6,10H2,1-2H3. The van der Waals surface area contributed by atoms with Crippen LogP contribution in [0.5, 0.6) is 11.5 Å². The Morgan fingerprint density at radius 3 is 2.95 bits per heavy atom. The van der Waals surface area contributed by atoms with E-state index in [0.29, 0.717) is 6.54 Å². The van der Waals surface area contributed by atoms with Gasteiger partial charge in [-0.25, -0.2) is 0 Å². The number of nitrogens with one attached hydrogen (secondary N) is 1. The third-order valence-electron chi connectivity index (χ3n) is 3.65. The van der Waals surface area contributed by atoms with Crippen molar-refractivity contribution in [2.75, 3.05) is 19.0 Å². The Labute approximate surface area is 129 Å². The molecule has 0 saturated carbocycles. The van der Waals surface area contributed by atoms with E-state index in [1.54, 1.807) is 7.11 Å². The van der Waals surface area contributed by atoms with Crippen LogP contribution in [0.1, 0.15) is 16.7 Å². The molecule has 0 atom stereocenters. The van der Waals surface area contributed by atoms with Crippen LogP contribution in [0.25, 0.3) is 0 Å². The van der Waals surface area contributed by atoms with Crippen LogP contribution in [-0.2, 0) is 13.0 Å². The maximum Gasteiger partial charge on any atom is 0.141 e. The van der Waals surface area contributed by atoms with Crippen molar-refractivity contribution >= 4 is 17.3 Å². The summed E-state index contributed by atoms with van der Waals surface area (Å²) in [4.78, 5) is 0. The minimum atomic E-state index is 0.655. The zero-order valence-corrected chi connectivity index (χ0v) is 13.0. The number of hydrogen-bond donors (Lipinski definition) is 1. The van der Waals surface area contributed by atoms with Crippen molar-refractivity contribution in [2.45, 2.75) is 19.9 Å². The van der Waals surface area contributed by atoms with Crippen molar-refractivity contribution < 1.29 is 9.47 Å². The van der Waals surface area contributed by atoms with Gasteiger partial charge in [-0.1, -0.05) is 17.7 Å². The number of ether oxygens (including phenoxy) is 2. The van der Waals surface area contributed by atoms with Gasteiger partial charge in [-0.15, -0.1) is 0 Å². The van der Waals surface area contributed by atoms with E-state index in [1.807, 2.05) is 24.3 Å². The molecule has 0 radical (unpaired) electrons. The molecule has 3 rings (SSSR count). The van der Waals surface area contributed by atoms with Gasteiger partial charge in [0.05, 0.1) is 19.4 Å². The summed E-state index contributed by atoms with van der Waals surface area (Å²) < 4.78 is 11.1. The third-order valence-corrected chi connectivity index (χ3v) is 3.87. The molecule has 110 valence electrons. The first-order valence-corrected chi connectivity index (χ1v) is 7.38. The highest BCUT2D eigenvalue weighted by Crippen LogP contribution is 2.34. The molecular formula is C17H18ClNO2. The molecule has 0 unspecified atom stereocenters. The van der Waals surface area contributed by atoms with Crippen molar-refractivity contribution in [3.8, 4) is 11.5 Å². The Morgan fingerprint density at radius 2 is 2.14 bits per heavy atom.